The molecule has 0 heterocycles. The summed E-state index contributed by atoms with van der Waals surface area (Å²) in [6.07, 6.45) is 0. The first-order chi connectivity index (χ1) is 7.42. The molecule has 0 aliphatic heterocycles. The highest BCUT2D eigenvalue weighted by Gasteiger charge is 2.09. The van der Waals surface area contributed by atoms with Gasteiger partial charge in [-0.3, -0.25) is 4.79 Å². The Bertz CT molecular complexity index is 349. The van der Waals surface area contributed by atoms with Gasteiger partial charge in [0.05, 0.1) is 6.54 Å². The minimum Gasteiger partial charge on any atom is -0.380 e. The number of benzene rings is 1. The van der Waals surface area contributed by atoms with E-state index in [2.05, 4.69) is 31.4 Å². The van der Waals surface area contributed by atoms with E-state index < -0.39 is 0 Å². The van der Waals surface area contributed by atoms with Crippen LogP contribution in [0.4, 0.5) is 5.69 Å². The van der Waals surface area contributed by atoms with E-state index in [0.717, 1.165) is 11.3 Å². The van der Waals surface area contributed by atoms with E-state index in [4.69, 9.17) is 0 Å². The molecule has 0 unspecified atom stereocenters. The number of ketones is 1. The standard InChI is InChI=1S/C13H20N2O/c1-13(2,3)15-11-7-5-10(6-8-11)12(16)9-14-4/h5-8,14-15H,9H2,1-4H3. The van der Waals surface area contributed by atoms with Crippen molar-refractivity contribution < 1.29 is 4.79 Å². The Hall–Kier alpha value is -1.35. The summed E-state index contributed by atoms with van der Waals surface area (Å²) < 4.78 is 0. The molecule has 0 amide bonds. The molecule has 1 rings (SSSR count). The molecule has 0 aromatic heterocycles. The van der Waals surface area contributed by atoms with Crippen LogP contribution in [0.5, 0.6) is 0 Å². The predicted molar refractivity (Wildman–Crippen MR) is 68.1 cm³/mol. The molecule has 0 bridgehead atoms. The molecule has 0 saturated carbocycles. The largest absolute Gasteiger partial charge is 0.380 e. The lowest BCUT2D eigenvalue weighted by atomic mass is 10.1. The molecule has 3 nitrogen and oxygen atoms in total. The summed E-state index contributed by atoms with van der Waals surface area (Å²) in [6, 6.07) is 7.59. The summed E-state index contributed by atoms with van der Waals surface area (Å²) in [7, 11) is 1.77. The van der Waals surface area contributed by atoms with Gasteiger partial charge in [-0.2, -0.15) is 0 Å². The van der Waals surface area contributed by atoms with E-state index >= 15 is 0 Å². The highest BCUT2D eigenvalue weighted by Crippen LogP contribution is 2.15. The van der Waals surface area contributed by atoms with Crippen LogP contribution in [0.2, 0.25) is 0 Å². The minimum atomic E-state index is 0.0382. The van der Waals surface area contributed by atoms with Gasteiger partial charge in [0.25, 0.3) is 0 Å². The third-order valence-electron chi connectivity index (χ3n) is 2.06. The number of anilines is 1. The van der Waals surface area contributed by atoms with Crippen molar-refractivity contribution >= 4 is 11.5 Å². The number of carbonyl (C=O) groups excluding carboxylic acids is 1. The van der Waals surface area contributed by atoms with Gasteiger partial charge < -0.3 is 10.6 Å². The molecule has 16 heavy (non-hydrogen) atoms. The lowest BCUT2D eigenvalue weighted by Gasteiger charge is -2.22. The van der Waals surface area contributed by atoms with Gasteiger partial charge in [0, 0.05) is 16.8 Å². The summed E-state index contributed by atoms with van der Waals surface area (Å²) in [6.45, 7) is 6.69. The van der Waals surface area contributed by atoms with Crippen molar-refractivity contribution in [2.45, 2.75) is 26.3 Å². The Morgan fingerprint density at radius 3 is 2.19 bits per heavy atom. The van der Waals surface area contributed by atoms with Gasteiger partial charge in [-0.1, -0.05) is 0 Å². The molecule has 1 aromatic rings. The van der Waals surface area contributed by atoms with E-state index in [-0.39, 0.29) is 11.3 Å². The summed E-state index contributed by atoms with van der Waals surface area (Å²) >= 11 is 0. The zero-order valence-corrected chi connectivity index (χ0v) is 10.4. The van der Waals surface area contributed by atoms with Gasteiger partial charge in [-0.15, -0.1) is 0 Å². The Kier molecular flexibility index (Phi) is 4.07. The zero-order chi connectivity index (χ0) is 12.2. The lowest BCUT2D eigenvalue weighted by molar-refractivity contribution is 0.0993. The molecular formula is C13H20N2O. The third kappa shape index (κ3) is 4.03. The number of rotatable bonds is 4. The molecule has 0 radical (unpaired) electrons. The van der Waals surface area contributed by atoms with Gasteiger partial charge in [0.15, 0.2) is 5.78 Å². The summed E-state index contributed by atoms with van der Waals surface area (Å²) in [5.74, 6) is 0.116. The van der Waals surface area contributed by atoms with Gasteiger partial charge in [0.2, 0.25) is 0 Å². The fourth-order valence-corrected chi connectivity index (χ4v) is 1.44. The molecule has 0 saturated heterocycles. The van der Waals surface area contributed by atoms with Crippen LogP contribution < -0.4 is 10.6 Å². The quantitative estimate of drug-likeness (QED) is 0.765. The molecule has 88 valence electrons. The number of hydrogen-bond donors (Lipinski definition) is 2. The molecule has 3 heteroatoms. The first-order valence-electron chi connectivity index (χ1n) is 5.48. The van der Waals surface area contributed by atoms with Crippen molar-refractivity contribution in [1.82, 2.24) is 5.32 Å². The first kappa shape index (κ1) is 12.7. The Labute approximate surface area is 97.2 Å². The van der Waals surface area contributed by atoms with Crippen LogP contribution in [-0.2, 0) is 0 Å². The fourth-order valence-electron chi connectivity index (χ4n) is 1.44. The maximum atomic E-state index is 11.6. The molecule has 0 spiro atoms. The van der Waals surface area contributed by atoms with Crippen LogP contribution in [-0.4, -0.2) is 24.9 Å². The van der Waals surface area contributed by atoms with Crippen molar-refractivity contribution in [3.05, 3.63) is 29.8 Å². The van der Waals surface area contributed by atoms with Crippen molar-refractivity contribution in [2.24, 2.45) is 0 Å². The number of likely N-dealkylation sites (N-methyl/N-ethyl adjacent to an activating group) is 1. The smallest absolute Gasteiger partial charge is 0.176 e. The molecule has 0 atom stereocenters. The van der Waals surface area contributed by atoms with E-state index in [1.54, 1.807) is 7.05 Å². The van der Waals surface area contributed by atoms with Crippen LogP contribution in [0.1, 0.15) is 31.1 Å². The second kappa shape index (κ2) is 5.12. The molecule has 1 aromatic carbocycles. The minimum absolute atomic E-state index is 0.0382. The van der Waals surface area contributed by atoms with Crippen molar-refractivity contribution in [2.75, 3.05) is 18.9 Å². The normalized spacial score (nSPS) is 11.2. The SMILES string of the molecule is CNCC(=O)c1ccc(NC(C)(C)C)cc1. The molecular weight excluding hydrogens is 200 g/mol. The molecule has 0 aliphatic rings. The monoisotopic (exact) mass is 220 g/mol. The topological polar surface area (TPSA) is 41.1 Å². The highest BCUT2D eigenvalue weighted by atomic mass is 16.1. The number of nitrogens with one attached hydrogen (secondary N) is 2. The van der Waals surface area contributed by atoms with Gasteiger partial charge in [0.1, 0.15) is 0 Å². The molecule has 0 fully saturated rings. The molecule has 2 N–H and O–H groups in total. The van der Waals surface area contributed by atoms with E-state index in [0.29, 0.717) is 6.54 Å². The third-order valence-corrected chi connectivity index (χ3v) is 2.06. The van der Waals surface area contributed by atoms with Crippen LogP contribution in [0.25, 0.3) is 0 Å². The number of Topliss-reactive ketones (excluding diaryl/α,β-unsaturated/α-hetero) is 1. The van der Waals surface area contributed by atoms with Crippen LogP contribution >= 0.6 is 0 Å². The van der Waals surface area contributed by atoms with Crippen molar-refractivity contribution in [3.8, 4) is 0 Å². The summed E-state index contributed by atoms with van der Waals surface area (Å²) in [5, 5.41) is 6.21. The van der Waals surface area contributed by atoms with Gasteiger partial charge in [-0.05, 0) is 52.1 Å². The van der Waals surface area contributed by atoms with E-state index in [1.165, 1.54) is 0 Å². The van der Waals surface area contributed by atoms with Gasteiger partial charge >= 0.3 is 0 Å². The average Bonchev–Trinajstić information content (AvgIpc) is 2.16. The maximum Gasteiger partial charge on any atom is 0.176 e. The van der Waals surface area contributed by atoms with Crippen LogP contribution in [0.3, 0.4) is 0 Å². The average molecular weight is 220 g/mol. The number of hydrogen-bond acceptors (Lipinski definition) is 3. The second-order valence-corrected chi connectivity index (χ2v) is 4.91. The fraction of sp³-hybridized carbons (Fsp3) is 0.462. The Balaban J connectivity index is 2.72. The Morgan fingerprint density at radius 1 is 1.19 bits per heavy atom. The van der Waals surface area contributed by atoms with Gasteiger partial charge in [-0.25, -0.2) is 0 Å². The van der Waals surface area contributed by atoms with Crippen LogP contribution in [0.15, 0.2) is 24.3 Å². The summed E-state index contributed by atoms with van der Waals surface area (Å²) in [5.41, 5.74) is 1.82. The molecule has 0 aliphatic carbocycles. The van der Waals surface area contributed by atoms with Crippen molar-refractivity contribution in [1.29, 1.82) is 0 Å². The first-order valence-corrected chi connectivity index (χ1v) is 5.48. The summed E-state index contributed by atoms with van der Waals surface area (Å²) in [4.78, 5) is 11.6. The highest BCUT2D eigenvalue weighted by molar-refractivity contribution is 5.97. The zero-order valence-electron chi connectivity index (χ0n) is 10.4. The van der Waals surface area contributed by atoms with E-state index in [9.17, 15) is 4.79 Å². The van der Waals surface area contributed by atoms with Crippen molar-refractivity contribution in [3.63, 3.8) is 0 Å². The van der Waals surface area contributed by atoms with Crippen LogP contribution in [0, 0.1) is 0 Å². The second-order valence-electron chi connectivity index (χ2n) is 4.91. The Morgan fingerprint density at radius 2 is 1.75 bits per heavy atom. The predicted octanol–water partition coefficient (Wildman–Crippen LogP) is 2.30. The lowest BCUT2D eigenvalue weighted by Crippen LogP contribution is -2.26. The maximum absolute atomic E-state index is 11.6. The number of carbonyl (C=O) groups is 1. The van der Waals surface area contributed by atoms with E-state index in [1.807, 2.05) is 24.3 Å².